The van der Waals surface area contributed by atoms with Crippen molar-refractivity contribution >= 4 is 11.6 Å². The first-order chi connectivity index (χ1) is 12.3. The molecule has 4 rings (SSSR count). The Bertz CT molecular complexity index is 791. The number of rotatable bonds is 3. The van der Waals surface area contributed by atoms with Crippen molar-refractivity contribution in [2.24, 2.45) is 10.7 Å². The second-order valence-corrected chi connectivity index (χ2v) is 6.11. The molecule has 0 saturated heterocycles. The summed E-state index contributed by atoms with van der Waals surface area (Å²) in [7, 11) is 0. The lowest BCUT2D eigenvalue weighted by Crippen LogP contribution is -2.23. The second kappa shape index (κ2) is 6.93. The number of nitrogens with zero attached hydrogens (tertiary/aromatic N) is 1. The molecule has 0 amide bonds. The van der Waals surface area contributed by atoms with E-state index in [1.165, 1.54) is 5.56 Å². The van der Waals surface area contributed by atoms with Gasteiger partial charge in [-0.1, -0.05) is 18.2 Å². The van der Waals surface area contributed by atoms with Gasteiger partial charge >= 0.3 is 0 Å². The van der Waals surface area contributed by atoms with E-state index in [2.05, 4.69) is 16.4 Å². The topological polar surface area (TPSA) is 78.1 Å². The van der Waals surface area contributed by atoms with Crippen molar-refractivity contribution in [3.8, 4) is 17.2 Å². The molecule has 0 fully saturated rings. The number of nitrogens with one attached hydrogen (secondary N) is 1. The maximum Gasteiger partial charge on any atom is 0.193 e. The number of anilines is 1. The summed E-state index contributed by atoms with van der Waals surface area (Å²) in [5.41, 5.74) is 8.05. The van der Waals surface area contributed by atoms with Crippen molar-refractivity contribution in [2.45, 2.75) is 12.3 Å². The average Bonchev–Trinajstić information content (AvgIpc) is 2.89. The van der Waals surface area contributed by atoms with Crippen LogP contribution in [0.15, 0.2) is 47.5 Å². The highest BCUT2D eigenvalue weighted by atomic mass is 16.5. The number of para-hydroxylation sites is 1. The third kappa shape index (κ3) is 3.47. The second-order valence-electron chi connectivity index (χ2n) is 6.11. The molecule has 1 unspecified atom stereocenters. The Morgan fingerprint density at radius 3 is 2.80 bits per heavy atom. The Kier molecular flexibility index (Phi) is 4.33. The molecule has 2 aliphatic rings. The Morgan fingerprint density at radius 2 is 1.88 bits per heavy atom. The molecular formula is C19H21N3O3. The van der Waals surface area contributed by atoms with Crippen LogP contribution >= 0.6 is 0 Å². The molecule has 0 saturated carbocycles. The van der Waals surface area contributed by atoms with Gasteiger partial charge in [-0.05, 0) is 18.2 Å². The van der Waals surface area contributed by atoms with E-state index in [0.717, 1.165) is 29.4 Å². The van der Waals surface area contributed by atoms with Crippen LogP contribution in [0, 0.1) is 0 Å². The maximum absolute atomic E-state index is 6.04. The van der Waals surface area contributed by atoms with Gasteiger partial charge in [0.05, 0.1) is 26.4 Å². The molecule has 2 aromatic carbocycles. The number of ether oxygens (including phenoxy) is 3. The number of aliphatic imine (C=N–C) groups is 1. The van der Waals surface area contributed by atoms with Crippen LogP contribution in [0.1, 0.15) is 17.9 Å². The largest absolute Gasteiger partial charge is 0.493 e. The van der Waals surface area contributed by atoms with Crippen molar-refractivity contribution < 1.29 is 14.2 Å². The zero-order valence-corrected chi connectivity index (χ0v) is 13.9. The Hall–Kier alpha value is -2.89. The van der Waals surface area contributed by atoms with Gasteiger partial charge in [-0.3, -0.25) is 4.99 Å². The lowest BCUT2D eigenvalue weighted by molar-refractivity contribution is 0.297. The van der Waals surface area contributed by atoms with E-state index in [-0.39, 0.29) is 5.92 Å². The molecule has 0 spiro atoms. The molecular weight excluding hydrogens is 318 g/mol. The van der Waals surface area contributed by atoms with Gasteiger partial charge in [0, 0.05) is 29.7 Å². The molecule has 1 atom stereocenters. The smallest absolute Gasteiger partial charge is 0.193 e. The summed E-state index contributed by atoms with van der Waals surface area (Å²) >= 11 is 0. The lowest BCUT2D eigenvalue weighted by Gasteiger charge is -2.11. The van der Waals surface area contributed by atoms with E-state index in [1.807, 2.05) is 36.4 Å². The minimum Gasteiger partial charge on any atom is -0.493 e. The van der Waals surface area contributed by atoms with Gasteiger partial charge in [-0.25, -0.2) is 0 Å². The predicted octanol–water partition coefficient (Wildman–Crippen LogP) is 2.75. The highest BCUT2D eigenvalue weighted by molar-refractivity contribution is 5.92. The van der Waals surface area contributed by atoms with Crippen molar-refractivity contribution in [3.05, 3.63) is 48.0 Å². The minimum atomic E-state index is 0.236. The summed E-state index contributed by atoms with van der Waals surface area (Å²) < 4.78 is 17.0. The first-order valence-corrected chi connectivity index (χ1v) is 8.48. The molecule has 130 valence electrons. The quantitative estimate of drug-likeness (QED) is 0.664. The Labute approximate surface area is 146 Å². The summed E-state index contributed by atoms with van der Waals surface area (Å²) in [6, 6.07) is 13.7. The number of guanidine groups is 1. The monoisotopic (exact) mass is 339 g/mol. The number of fused-ring (bicyclic) bond motifs is 2. The number of hydrogen-bond donors (Lipinski definition) is 2. The van der Waals surface area contributed by atoms with E-state index in [4.69, 9.17) is 19.9 Å². The SMILES string of the molecule is NC(=NCC1COc2ccccc21)Nc1ccc2c(c1)OCCCO2. The van der Waals surface area contributed by atoms with Crippen molar-refractivity contribution in [3.63, 3.8) is 0 Å². The van der Waals surface area contributed by atoms with Gasteiger partial charge in [0.25, 0.3) is 0 Å². The molecule has 2 heterocycles. The molecule has 0 bridgehead atoms. The first kappa shape index (κ1) is 15.6. The average molecular weight is 339 g/mol. The number of benzene rings is 2. The fourth-order valence-corrected chi connectivity index (χ4v) is 3.02. The van der Waals surface area contributed by atoms with Crippen molar-refractivity contribution in [2.75, 3.05) is 31.7 Å². The van der Waals surface area contributed by atoms with E-state index < -0.39 is 0 Å². The van der Waals surface area contributed by atoms with Crippen LogP contribution < -0.4 is 25.3 Å². The minimum absolute atomic E-state index is 0.236. The van der Waals surface area contributed by atoms with Gasteiger partial charge in [0.2, 0.25) is 0 Å². The van der Waals surface area contributed by atoms with Crippen molar-refractivity contribution in [1.29, 1.82) is 0 Å². The molecule has 0 aromatic heterocycles. The summed E-state index contributed by atoms with van der Waals surface area (Å²) in [5, 5.41) is 3.11. The van der Waals surface area contributed by atoms with Gasteiger partial charge in [0.1, 0.15) is 5.75 Å². The van der Waals surface area contributed by atoms with E-state index in [9.17, 15) is 0 Å². The zero-order valence-electron chi connectivity index (χ0n) is 13.9. The molecule has 25 heavy (non-hydrogen) atoms. The Morgan fingerprint density at radius 1 is 1.04 bits per heavy atom. The fourth-order valence-electron chi connectivity index (χ4n) is 3.02. The molecule has 2 aliphatic heterocycles. The van der Waals surface area contributed by atoms with E-state index in [0.29, 0.717) is 32.3 Å². The van der Waals surface area contributed by atoms with Crippen LogP contribution in [0.3, 0.4) is 0 Å². The highest BCUT2D eigenvalue weighted by Gasteiger charge is 2.23. The Balaban J connectivity index is 1.41. The van der Waals surface area contributed by atoms with Crippen LogP contribution in [0.25, 0.3) is 0 Å². The summed E-state index contributed by atoms with van der Waals surface area (Å²) in [6.07, 6.45) is 0.881. The molecule has 6 nitrogen and oxygen atoms in total. The number of hydrogen-bond acceptors (Lipinski definition) is 4. The van der Waals surface area contributed by atoms with E-state index in [1.54, 1.807) is 0 Å². The lowest BCUT2D eigenvalue weighted by atomic mass is 10.0. The summed E-state index contributed by atoms with van der Waals surface area (Å²) in [4.78, 5) is 4.46. The maximum atomic E-state index is 6.04. The summed E-state index contributed by atoms with van der Waals surface area (Å²) in [5.74, 6) is 3.04. The van der Waals surface area contributed by atoms with Crippen LogP contribution in [0.5, 0.6) is 17.2 Å². The van der Waals surface area contributed by atoms with Crippen LogP contribution in [0.4, 0.5) is 5.69 Å². The van der Waals surface area contributed by atoms with Crippen LogP contribution in [-0.2, 0) is 0 Å². The normalized spacial score (nSPS) is 18.9. The highest BCUT2D eigenvalue weighted by Crippen LogP contribution is 2.34. The molecule has 6 heteroatoms. The van der Waals surface area contributed by atoms with Crippen molar-refractivity contribution in [1.82, 2.24) is 0 Å². The third-order valence-electron chi connectivity index (χ3n) is 4.30. The van der Waals surface area contributed by atoms with Gasteiger partial charge in [0.15, 0.2) is 17.5 Å². The summed E-state index contributed by atoms with van der Waals surface area (Å²) in [6.45, 7) is 2.55. The zero-order chi connectivity index (χ0) is 17.1. The molecule has 2 aromatic rings. The van der Waals surface area contributed by atoms with Crippen LogP contribution in [-0.4, -0.2) is 32.3 Å². The molecule has 0 aliphatic carbocycles. The molecule has 3 N–H and O–H groups in total. The number of nitrogens with two attached hydrogens (primary N) is 1. The predicted molar refractivity (Wildman–Crippen MR) is 96.8 cm³/mol. The van der Waals surface area contributed by atoms with Gasteiger partial charge in [-0.2, -0.15) is 0 Å². The third-order valence-corrected chi connectivity index (χ3v) is 4.30. The van der Waals surface area contributed by atoms with Gasteiger partial charge in [-0.15, -0.1) is 0 Å². The molecule has 0 radical (unpaired) electrons. The van der Waals surface area contributed by atoms with Gasteiger partial charge < -0.3 is 25.3 Å². The van der Waals surface area contributed by atoms with E-state index >= 15 is 0 Å². The fraction of sp³-hybridized carbons (Fsp3) is 0.316. The standard InChI is InChI=1S/C19H21N3O3/c20-19(21-11-13-12-25-16-5-2-1-4-15(13)16)22-14-6-7-17-18(10-14)24-9-3-8-23-17/h1-2,4-7,10,13H,3,8-9,11-12H2,(H3,20,21,22). The van der Waals surface area contributed by atoms with Crippen LogP contribution in [0.2, 0.25) is 0 Å². The first-order valence-electron chi connectivity index (χ1n) is 8.48.